The van der Waals surface area contributed by atoms with Gasteiger partial charge in [-0.3, -0.25) is 0 Å². The van der Waals surface area contributed by atoms with E-state index in [2.05, 4.69) is 34.6 Å². The molecule has 1 aliphatic carbocycles. The third kappa shape index (κ3) is 3.48. The topological polar surface area (TPSA) is 20.2 Å². The molecule has 0 saturated heterocycles. The van der Waals surface area contributed by atoms with Crippen molar-refractivity contribution in [2.24, 2.45) is 17.3 Å². The molecule has 1 fully saturated rings. The van der Waals surface area contributed by atoms with E-state index in [4.69, 9.17) is 0 Å². The summed E-state index contributed by atoms with van der Waals surface area (Å²) in [6.45, 7) is 11.3. The van der Waals surface area contributed by atoms with Crippen LogP contribution >= 0.6 is 0 Å². The van der Waals surface area contributed by atoms with E-state index in [0.29, 0.717) is 17.3 Å². The Hall–Kier alpha value is -0.0400. The molecule has 0 amide bonds. The van der Waals surface area contributed by atoms with Gasteiger partial charge in [0.1, 0.15) is 0 Å². The highest BCUT2D eigenvalue weighted by Gasteiger charge is 2.39. The predicted molar refractivity (Wildman–Crippen MR) is 65.8 cm³/mol. The van der Waals surface area contributed by atoms with Gasteiger partial charge in [0.15, 0.2) is 0 Å². The second-order valence-corrected chi connectivity index (χ2v) is 6.82. The smallest absolute Gasteiger partial charge is 0.0675 e. The third-order valence-electron chi connectivity index (χ3n) is 4.28. The molecule has 1 heteroatoms. The minimum Gasteiger partial charge on any atom is -0.390 e. The molecule has 1 rings (SSSR count). The van der Waals surface area contributed by atoms with Crippen LogP contribution < -0.4 is 0 Å². The molecule has 90 valence electrons. The first-order valence-electron chi connectivity index (χ1n) is 6.47. The quantitative estimate of drug-likeness (QED) is 0.733. The van der Waals surface area contributed by atoms with Crippen molar-refractivity contribution in [1.82, 2.24) is 0 Å². The average Bonchev–Trinajstić information content (AvgIpc) is 2.10. The number of hydrogen-bond acceptors (Lipinski definition) is 1. The van der Waals surface area contributed by atoms with Crippen LogP contribution in [0.1, 0.15) is 66.7 Å². The Kier molecular flexibility index (Phi) is 3.86. The third-order valence-corrected chi connectivity index (χ3v) is 4.28. The summed E-state index contributed by atoms with van der Waals surface area (Å²) in [5.41, 5.74) is -0.0406. The summed E-state index contributed by atoms with van der Waals surface area (Å²) >= 11 is 0. The molecule has 0 radical (unpaired) electrons. The number of hydrogen-bond donors (Lipinski definition) is 1. The fourth-order valence-electron chi connectivity index (χ4n) is 2.68. The van der Waals surface area contributed by atoms with Gasteiger partial charge >= 0.3 is 0 Å². The number of aliphatic hydroxyl groups is 1. The molecule has 0 aliphatic heterocycles. The molecule has 0 spiro atoms. The van der Waals surface area contributed by atoms with Gasteiger partial charge in [-0.2, -0.15) is 0 Å². The molecule has 0 aromatic heterocycles. The standard InChI is InChI=1S/C14H28O/c1-11-7-6-8-14(15,12(11)2)10-9-13(3,4)5/h11-12,15H,6-10H2,1-5H3. The molecule has 0 aromatic rings. The molecule has 0 bridgehead atoms. The maximum absolute atomic E-state index is 10.7. The normalized spacial score (nSPS) is 38.0. The maximum atomic E-state index is 10.7. The lowest BCUT2D eigenvalue weighted by atomic mass is 9.67. The summed E-state index contributed by atoms with van der Waals surface area (Å²) in [5.74, 6) is 1.15. The van der Waals surface area contributed by atoms with Gasteiger partial charge in [0.25, 0.3) is 0 Å². The molecule has 15 heavy (non-hydrogen) atoms. The minimum atomic E-state index is -0.384. The fraction of sp³-hybridized carbons (Fsp3) is 1.00. The van der Waals surface area contributed by atoms with Crippen LogP contribution in [0.4, 0.5) is 0 Å². The van der Waals surface area contributed by atoms with Crippen molar-refractivity contribution in [3.63, 3.8) is 0 Å². The van der Waals surface area contributed by atoms with Crippen molar-refractivity contribution in [3.05, 3.63) is 0 Å². The van der Waals surface area contributed by atoms with E-state index in [-0.39, 0.29) is 5.60 Å². The van der Waals surface area contributed by atoms with E-state index < -0.39 is 0 Å². The Labute approximate surface area is 95.3 Å². The van der Waals surface area contributed by atoms with E-state index >= 15 is 0 Å². The van der Waals surface area contributed by atoms with Crippen LogP contribution in [-0.2, 0) is 0 Å². The van der Waals surface area contributed by atoms with E-state index in [1.807, 2.05) is 0 Å². The van der Waals surface area contributed by atoms with Crippen molar-refractivity contribution in [3.8, 4) is 0 Å². The molecule has 0 heterocycles. The highest BCUT2D eigenvalue weighted by Crippen LogP contribution is 2.42. The van der Waals surface area contributed by atoms with Crippen LogP contribution in [0.15, 0.2) is 0 Å². The zero-order valence-electron chi connectivity index (χ0n) is 11.1. The zero-order valence-corrected chi connectivity index (χ0v) is 11.1. The molecule has 1 nitrogen and oxygen atoms in total. The maximum Gasteiger partial charge on any atom is 0.0675 e. The van der Waals surface area contributed by atoms with Crippen molar-refractivity contribution in [1.29, 1.82) is 0 Å². The van der Waals surface area contributed by atoms with Gasteiger partial charge in [0.2, 0.25) is 0 Å². The highest BCUT2D eigenvalue weighted by atomic mass is 16.3. The van der Waals surface area contributed by atoms with Gasteiger partial charge in [-0.15, -0.1) is 0 Å². The van der Waals surface area contributed by atoms with E-state index in [9.17, 15) is 5.11 Å². The Morgan fingerprint density at radius 1 is 1.27 bits per heavy atom. The van der Waals surface area contributed by atoms with Crippen molar-refractivity contribution in [2.75, 3.05) is 0 Å². The first kappa shape index (κ1) is 13.0. The molecular formula is C14H28O. The van der Waals surface area contributed by atoms with Crippen LogP contribution in [0.2, 0.25) is 0 Å². The Morgan fingerprint density at radius 2 is 1.87 bits per heavy atom. The van der Waals surface area contributed by atoms with Crippen molar-refractivity contribution in [2.45, 2.75) is 72.3 Å². The summed E-state index contributed by atoms with van der Waals surface area (Å²) in [6, 6.07) is 0. The van der Waals surface area contributed by atoms with Crippen molar-refractivity contribution < 1.29 is 5.11 Å². The van der Waals surface area contributed by atoms with Crippen LogP contribution in [0, 0.1) is 17.3 Å². The zero-order chi connectivity index (χ0) is 11.7. The predicted octanol–water partition coefficient (Wildman–Crippen LogP) is 4.00. The van der Waals surface area contributed by atoms with Crippen LogP contribution in [0.25, 0.3) is 0 Å². The summed E-state index contributed by atoms with van der Waals surface area (Å²) < 4.78 is 0. The van der Waals surface area contributed by atoms with E-state index in [0.717, 1.165) is 19.3 Å². The lowest BCUT2D eigenvalue weighted by molar-refractivity contribution is -0.0746. The van der Waals surface area contributed by atoms with Gasteiger partial charge < -0.3 is 5.11 Å². The molecule has 3 unspecified atom stereocenters. The molecular weight excluding hydrogens is 184 g/mol. The highest BCUT2D eigenvalue weighted by molar-refractivity contribution is 4.91. The lowest BCUT2D eigenvalue weighted by Crippen LogP contribution is -2.43. The summed E-state index contributed by atoms with van der Waals surface area (Å²) in [5, 5.41) is 10.7. The second kappa shape index (κ2) is 4.45. The van der Waals surface area contributed by atoms with E-state index in [1.165, 1.54) is 12.8 Å². The summed E-state index contributed by atoms with van der Waals surface area (Å²) in [7, 11) is 0. The summed E-state index contributed by atoms with van der Waals surface area (Å²) in [4.78, 5) is 0. The monoisotopic (exact) mass is 212 g/mol. The molecule has 1 N–H and O–H groups in total. The van der Waals surface area contributed by atoms with Gasteiger partial charge in [-0.25, -0.2) is 0 Å². The van der Waals surface area contributed by atoms with Crippen molar-refractivity contribution >= 4 is 0 Å². The van der Waals surface area contributed by atoms with Gasteiger partial charge in [-0.1, -0.05) is 47.5 Å². The van der Waals surface area contributed by atoms with Gasteiger partial charge in [-0.05, 0) is 36.5 Å². The Balaban J connectivity index is 2.57. The molecule has 1 saturated carbocycles. The van der Waals surface area contributed by atoms with Gasteiger partial charge in [0.05, 0.1) is 5.60 Å². The summed E-state index contributed by atoms with van der Waals surface area (Å²) in [6.07, 6.45) is 5.60. The first-order chi connectivity index (χ1) is 6.75. The van der Waals surface area contributed by atoms with Crippen LogP contribution in [0.5, 0.6) is 0 Å². The molecule has 1 aliphatic rings. The lowest BCUT2D eigenvalue weighted by Gasteiger charge is -2.43. The molecule has 3 atom stereocenters. The Bertz CT molecular complexity index is 204. The van der Waals surface area contributed by atoms with Crippen LogP contribution in [-0.4, -0.2) is 10.7 Å². The Morgan fingerprint density at radius 3 is 2.40 bits per heavy atom. The second-order valence-electron chi connectivity index (χ2n) is 6.82. The minimum absolute atomic E-state index is 0.343. The largest absolute Gasteiger partial charge is 0.390 e. The number of rotatable bonds is 2. The average molecular weight is 212 g/mol. The first-order valence-corrected chi connectivity index (χ1v) is 6.47. The SMILES string of the molecule is CC1CCCC(O)(CCC(C)(C)C)C1C. The van der Waals surface area contributed by atoms with Crippen LogP contribution in [0.3, 0.4) is 0 Å². The molecule has 0 aromatic carbocycles. The fourth-order valence-corrected chi connectivity index (χ4v) is 2.68. The van der Waals surface area contributed by atoms with Gasteiger partial charge in [0, 0.05) is 0 Å². The van der Waals surface area contributed by atoms with E-state index in [1.54, 1.807) is 0 Å².